The first kappa shape index (κ1) is 21.3. The van der Waals surface area contributed by atoms with Crippen molar-refractivity contribution in [2.24, 2.45) is 5.92 Å². The molecule has 0 aliphatic carbocycles. The molecule has 0 radical (unpaired) electrons. The molecule has 25 heavy (non-hydrogen) atoms. The van der Waals surface area contributed by atoms with Gasteiger partial charge in [-0.25, -0.2) is 9.59 Å². The average molecular weight is 388 g/mol. The summed E-state index contributed by atoms with van der Waals surface area (Å²) in [5, 5.41) is 2.78. The molecule has 0 aromatic heterocycles. The summed E-state index contributed by atoms with van der Waals surface area (Å²) in [7, 11) is 1.25. The maximum absolute atomic E-state index is 12.1. The van der Waals surface area contributed by atoms with E-state index in [1.165, 1.54) is 18.9 Å². The molecule has 0 spiro atoms. The second kappa shape index (κ2) is 10.3. The third kappa shape index (κ3) is 6.25. The highest BCUT2D eigenvalue weighted by molar-refractivity contribution is 7.98. The summed E-state index contributed by atoms with van der Waals surface area (Å²) in [4.78, 5) is 36.7. The lowest BCUT2D eigenvalue weighted by atomic mass is 9.99. The summed E-state index contributed by atoms with van der Waals surface area (Å²) >= 11 is 7.45. The Morgan fingerprint density at radius 3 is 2.56 bits per heavy atom. The van der Waals surface area contributed by atoms with Crippen molar-refractivity contribution in [3.63, 3.8) is 0 Å². The molecule has 2 atom stereocenters. The van der Waals surface area contributed by atoms with E-state index < -0.39 is 30.5 Å². The summed E-state index contributed by atoms with van der Waals surface area (Å²) in [6, 6.07) is 4.19. The number of thioether (sulfide) groups is 1. The van der Waals surface area contributed by atoms with Crippen LogP contribution in [0.4, 0.5) is 0 Å². The van der Waals surface area contributed by atoms with E-state index in [0.717, 1.165) is 4.90 Å². The lowest BCUT2D eigenvalue weighted by Crippen LogP contribution is -2.47. The molecule has 0 fully saturated rings. The molecule has 0 bridgehead atoms. The van der Waals surface area contributed by atoms with E-state index in [0.29, 0.717) is 6.42 Å². The Balaban J connectivity index is 2.69. The van der Waals surface area contributed by atoms with Crippen LogP contribution in [0.3, 0.4) is 0 Å². The number of esters is 2. The van der Waals surface area contributed by atoms with Crippen LogP contribution in [0.5, 0.6) is 0 Å². The van der Waals surface area contributed by atoms with E-state index in [9.17, 15) is 14.4 Å². The Hall–Kier alpha value is -1.73. The molecule has 0 aliphatic rings. The molecule has 1 amide bonds. The summed E-state index contributed by atoms with van der Waals surface area (Å²) in [5.41, 5.74) is 0.188. The van der Waals surface area contributed by atoms with Crippen LogP contribution in [-0.4, -0.2) is 43.9 Å². The Bertz CT molecular complexity index is 637. The van der Waals surface area contributed by atoms with Crippen molar-refractivity contribution in [1.29, 1.82) is 0 Å². The van der Waals surface area contributed by atoms with Gasteiger partial charge in [0.15, 0.2) is 6.61 Å². The topological polar surface area (TPSA) is 81.7 Å². The van der Waals surface area contributed by atoms with Gasteiger partial charge in [-0.05, 0) is 30.4 Å². The SMILES string of the molecule is CC[C@@H](C)[C@H](NC(=O)COC(=O)c1cc(SC)ccc1Cl)C(=O)OC. The minimum Gasteiger partial charge on any atom is -0.467 e. The highest BCUT2D eigenvalue weighted by Crippen LogP contribution is 2.23. The van der Waals surface area contributed by atoms with Crippen molar-refractivity contribution in [2.45, 2.75) is 31.2 Å². The van der Waals surface area contributed by atoms with Gasteiger partial charge in [0.1, 0.15) is 6.04 Å². The third-order valence-corrected chi connectivity index (χ3v) is 4.77. The maximum atomic E-state index is 12.1. The molecule has 6 nitrogen and oxygen atoms in total. The predicted octanol–water partition coefficient (Wildman–Crippen LogP) is 2.92. The number of methoxy groups -OCH3 is 1. The van der Waals surface area contributed by atoms with Gasteiger partial charge in [-0.3, -0.25) is 4.79 Å². The zero-order chi connectivity index (χ0) is 19.0. The molecule has 0 aliphatic heterocycles. The van der Waals surface area contributed by atoms with Crippen LogP contribution < -0.4 is 5.32 Å². The number of nitrogens with one attached hydrogen (secondary N) is 1. The molecule has 1 aromatic rings. The van der Waals surface area contributed by atoms with Crippen LogP contribution >= 0.6 is 23.4 Å². The van der Waals surface area contributed by atoms with Gasteiger partial charge < -0.3 is 14.8 Å². The van der Waals surface area contributed by atoms with Crippen molar-refractivity contribution in [3.8, 4) is 0 Å². The Kier molecular flexibility index (Phi) is 8.78. The van der Waals surface area contributed by atoms with Crippen molar-refractivity contribution < 1.29 is 23.9 Å². The lowest BCUT2D eigenvalue weighted by Gasteiger charge is -2.21. The van der Waals surface area contributed by atoms with Crippen LogP contribution in [0, 0.1) is 5.92 Å². The van der Waals surface area contributed by atoms with Crippen LogP contribution in [0.1, 0.15) is 30.6 Å². The largest absolute Gasteiger partial charge is 0.467 e. The number of benzene rings is 1. The van der Waals surface area contributed by atoms with E-state index >= 15 is 0 Å². The summed E-state index contributed by atoms with van der Waals surface area (Å²) in [6.07, 6.45) is 2.55. The van der Waals surface area contributed by atoms with E-state index in [4.69, 9.17) is 21.1 Å². The molecule has 1 rings (SSSR count). The number of carbonyl (C=O) groups is 3. The van der Waals surface area contributed by atoms with E-state index in [2.05, 4.69) is 5.32 Å². The number of ether oxygens (including phenoxy) is 2. The Morgan fingerprint density at radius 1 is 1.32 bits per heavy atom. The van der Waals surface area contributed by atoms with Crippen molar-refractivity contribution >= 4 is 41.2 Å². The second-order valence-corrected chi connectivity index (χ2v) is 6.66. The molecule has 0 saturated heterocycles. The molecule has 0 heterocycles. The first-order valence-electron chi connectivity index (χ1n) is 7.71. The fraction of sp³-hybridized carbons (Fsp3) is 0.471. The van der Waals surface area contributed by atoms with Gasteiger partial charge in [-0.1, -0.05) is 31.9 Å². The molecule has 1 aromatic carbocycles. The molecule has 1 N–H and O–H groups in total. The van der Waals surface area contributed by atoms with Gasteiger partial charge in [-0.2, -0.15) is 0 Å². The number of carbonyl (C=O) groups excluding carboxylic acids is 3. The normalized spacial score (nSPS) is 12.8. The molecular weight excluding hydrogens is 366 g/mol. The molecular formula is C17H22ClNO5S. The minimum atomic E-state index is -0.787. The second-order valence-electron chi connectivity index (χ2n) is 5.38. The van der Waals surface area contributed by atoms with Gasteiger partial charge in [0.05, 0.1) is 17.7 Å². The smallest absolute Gasteiger partial charge is 0.340 e. The molecule has 138 valence electrons. The van der Waals surface area contributed by atoms with Gasteiger partial charge in [-0.15, -0.1) is 11.8 Å². The van der Waals surface area contributed by atoms with Crippen LogP contribution in [0.15, 0.2) is 23.1 Å². The van der Waals surface area contributed by atoms with E-state index in [-0.39, 0.29) is 16.5 Å². The van der Waals surface area contributed by atoms with Gasteiger partial charge in [0.2, 0.25) is 0 Å². The highest BCUT2D eigenvalue weighted by atomic mass is 35.5. The zero-order valence-electron chi connectivity index (χ0n) is 14.6. The molecule has 0 unspecified atom stereocenters. The Labute approximate surface area is 156 Å². The van der Waals surface area contributed by atoms with Gasteiger partial charge in [0, 0.05) is 4.90 Å². The quantitative estimate of drug-likeness (QED) is 0.545. The van der Waals surface area contributed by atoms with Crippen molar-refractivity contribution in [2.75, 3.05) is 20.0 Å². The zero-order valence-corrected chi connectivity index (χ0v) is 16.2. The number of amides is 1. The van der Waals surface area contributed by atoms with Crippen molar-refractivity contribution in [3.05, 3.63) is 28.8 Å². The molecule has 8 heteroatoms. The first-order valence-corrected chi connectivity index (χ1v) is 9.32. The number of halogens is 1. The predicted molar refractivity (Wildman–Crippen MR) is 96.9 cm³/mol. The third-order valence-electron chi connectivity index (χ3n) is 3.71. The number of rotatable bonds is 8. The average Bonchev–Trinajstić information content (AvgIpc) is 2.63. The van der Waals surface area contributed by atoms with Crippen LogP contribution in [-0.2, 0) is 19.1 Å². The number of hydrogen-bond acceptors (Lipinski definition) is 6. The fourth-order valence-electron chi connectivity index (χ4n) is 2.01. The van der Waals surface area contributed by atoms with Crippen LogP contribution in [0.25, 0.3) is 0 Å². The summed E-state index contributed by atoms with van der Waals surface area (Å²) < 4.78 is 9.69. The monoisotopic (exact) mass is 387 g/mol. The fourth-order valence-corrected chi connectivity index (χ4v) is 2.64. The van der Waals surface area contributed by atoms with Gasteiger partial charge >= 0.3 is 11.9 Å². The first-order chi connectivity index (χ1) is 11.8. The Morgan fingerprint density at radius 2 is 2.00 bits per heavy atom. The van der Waals surface area contributed by atoms with E-state index in [1.807, 2.05) is 20.1 Å². The minimum absolute atomic E-state index is 0.111. The maximum Gasteiger partial charge on any atom is 0.340 e. The lowest BCUT2D eigenvalue weighted by molar-refractivity contribution is -0.147. The van der Waals surface area contributed by atoms with Gasteiger partial charge in [0.25, 0.3) is 5.91 Å². The van der Waals surface area contributed by atoms with Crippen LogP contribution in [0.2, 0.25) is 5.02 Å². The highest BCUT2D eigenvalue weighted by Gasteiger charge is 2.27. The van der Waals surface area contributed by atoms with Crippen molar-refractivity contribution in [1.82, 2.24) is 5.32 Å². The number of hydrogen-bond donors (Lipinski definition) is 1. The van der Waals surface area contributed by atoms with E-state index in [1.54, 1.807) is 18.2 Å². The summed E-state index contributed by atoms with van der Waals surface area (Å²) in [5.74, 6) is -1.93. The standard InChI is InChI=1S/C17H22ClNO5S/c1-5-10(2)15(17(22)23-3)19-14(20)9-24-16(21)12-8-11(25-4)6-7-13(12)18/h6-8,10,15H,5,9H2,1-4H3,(H,19,20)/t10-,15+/m1/s1. The molecule has 0 saturated carbocycles. The summed E-state index contributed by atoms with van der Waals surface area (Å²) in [6.45, 7) is 3.21.